The first-order chi connectivity index (χ1) is 11.6. The molecule has 24 heavy (non-hydrogen) atoms. The second-order valence-electron chi connectivity index (χ2n) is 6.33. The fourth-order valence-electron chi connectivity index (χ4n) is 3.26. The van der Waals surface area contributed by atoms with Crippen molar-refractivity contribution in [2.24, 2.45) is 0 Å². The van der Waals surface area contributed by atoms with Crippen LogP contribution in [0, 0.1) is 0 Å². The Morgan fingerprint density at radius 1 is 1.12 bits per heavy atom. The molecule has 2 heterocycles. The number of benzene rings is 1. The topological polar surface area (TPSA) is 59.8 Å². The van der Waals surface area contributed by atoms with Gasteiger partial charge in [0.05, 0.1) is 11.8 Å². The minimum Gasteiger partial charge on any atom is -0.488 e. The van der Waals surface area contributed by atoms with Gasteiger partial charge in [0.25, 0.3) is 0 Å². The average Bonchev–Trinajstić information content (AvgIpc) is 3.04. The van der Waals surface area contributed by atoms with Crippen molar-refractivity contribution >= 4 is 22.5 Å². The summed E-state index contributed by atoms with van der Waals surface area (Å²) >= 11 is 0. The molecule has 0 bridgehead atoms. The van der Waals surface area contributed by atoms with Crippen LogP contribution in [0.5, 0.6) is 5.75 Å². The molecule has 0 radical (unpaired) electrons. The van der Waals surface area contributed by atoms with Crippen LogP contribution in [-0.2, 0) is 0 Å². The summed E-state index contributed by atoms with van der Waals surface area (Å²) < 4.78 is 11.5. The second-order valence-corrected chi connectivity index (χ2v) is 6.33. The molecule has 0 unspecified atom stereocenters. The molecular formula is C19H23NO4. The van der Waals surface area contributed by atoms with Crippen LogP contribution in [-0.4, -0.2) is 42.7 Å². The van der Waals surface area contributed by atoms with Gasteiger partial charge in [-0.25, -0.2) is 0 Å². The molecule has 2 aromatic rings. The fourth-order valence-corrected chi connectivity index (χ4v) is 3.26. The molecule has 1 saturated heterocycles. The summed E-state index contributed by atoms with van der Waals surface area (Å²) in [6, 6.07) is 3.37. The highest BCUT2D eigenvalue weighted by atomic mass is 16.5. The number of Topliss-reactive ketones (excluding diaryl/α,β-unsaturated/α-hetero) is 2. The zero-order valence-electron chi connectivity index (χ0n) is 14.3. The van der Waals surface area contributed by atoms with Crippen molar-refractivity contribution in [3.63, 3.8) is 0 Å². The zero-order valence-corrected chi connectivity index (χ0v) is 14.3. The van der Waals surface area contributed by atoms with Crippen molar-refractivity contribution in [1.82, 2.24) is 4.90 Å². The highest BCUT2D eigenvalue weighted by Crippen LogP contribution is 2.34. The Kier molecular flexibility index (Phi) is 5.00. The third kappa shape index (κ3) is 3.36. The Balaban J connectivity index is 1.86. The van der Waals surface area contributed by atoms with E-state index in [1.54, 1.807) is 12.1 Å². The van der Waals surface area contributed by atoms with Crippen LogP contribution in [0.1, 0.15) is 53.8 Å². The van der Waals surface area contributed by atoms with E-state index < -0.39 is 0 Å². The first kappa shape index (κ1) is 16.7. The van der Waals surface area contributed by atoms with Gasteiger partial charge in [-0.1, -0.05) is 6.42 Å². The SMILES string of the molecule is CC(=O)c1cc(C(C)=O)c2ccoc2c1OCCN1CCCCC1. The van der Waals surface area contributed by atoms with Gasteiger partial charge >= 0.3 is 0 Å². The lowest BCUT2D eigenvalue weighted by molar-refractivity contribution is 0.101. The summed E-state index contributed by atoms with van der Waals surface area (Å²) in [7, 11) is 0. The van der Waals surface area contributed by atoms with Crippen molar-refractivity contribution in [2.75, 3.05) is 26.2 Å². The number of fused-ring (bicyclic) bond motifs is 1. The molecule has 0 amide bonds. The Bertz CT molecular complexity index is 756. The molecule has 0 aliphatic carbocycles. The summed E-state index contributed by atoms with van der Waals surface area (Å²) in [5, 5.41) is 0.695. The van der Waals surface area contributed by atoms with Gasteiger partial charge in [-0.2, -0.15) is 0 Å². The van der Waals surface area contributed by atoms with Crippen LogP contribution >= 0.6 is 0 Å². The largest absolute Gasteiger partial charge is 0.488 e. The van der Waals surface area contributed by atoms with Gasteiger partial charge in [0.1, 0.15) is 6.61 Å². The predicted molar refractivity (Wildman–Crippen MR) is 92.0 cm³/mol. The normalized spacial score (nSPS) is 15.6. The maximum Gasteiger partial charge on any atom is 0.177 e. The van der Waals surface area contributed by atoms with Crippen molar-refractivity contribution in [2.45, 2.75) is 33.1 Å². The van der Waals surface area contributed by atoms with E-state index in [0.717, 1.165) is 19.6 Å². The van der Waals surface area contributed by atoms with Crippen molar-refractivity contribution in [1.29, 1.82) is 0 Å². The maximum absolute atomic E-state index is 12.0. The van der Waals surface area contributed by atoms with E-state index in [1.807, 2.05) is 0 Å². The zero-order chi connectivity index (χ0) is 17.1. The molecule has 0 N–H and O–H groups in total. The predicted octanol–water partition coefficient (Wildman–Crippen LogP) is 3.70. The van der Waals surface area contributed by atoms with E-state index in [0.29, 0.717) is 34.5 Å². The molecule has 1 fully saturated rings. The van der Waals surface area contributed by atoms with Crippen LogP contribution in [0.4, 0.5) is 0 Å². The minimum atomic E-state index is -0.135. The van der Waals surface area contributed by atoms with Crippen molar-refractivity contribution in [3.05, 3.63) is 29.5 Å². The third-order valence-electron chi connectivity index (χ3n) is 4.56. The van der Waals surface area contributed by atoms with Crippen molar-refractivity contribution in [3.8, 4) is 5.75 Å². The Labute approximate surface area is 141 Å². The number of furan rings is 1. The number of hydrogen-bond donors (Lipinski definition) is 0. The fraction of sp³-hybridized carbons (Fsp3) is 0.474. The number of carbonyl (C=O) groups excluding carboxylic acids is 2. The van der Waals surface area contributed by atoms with E-state index in [4.69, 9.17) is 9.15 Å². The lowest BCUT2D eigenvalue weighted by Gasteiger charge is -2.26. The monoisotopic (exact) mass is 329 g/mol. The van der Waals surface area contributed by atoms with Gasteiger partial charge in [0.15, 0.2) is 22.9 Å². The summed E-state index contributed by atoms with van der Waals surface area (Å²) in [5.74, 6) is 0.219. The first-order valence-corrected chi connectivity index (χ1v) is 8.49. The number of nitrogens with zero attached hydrogens (tertiary/aromatic N) is 1. The molecule has 128 valence electrons. The molecule has 1 aliphatic rings. The van der Waals surface area contributed by atoms with E-state index in [2.05, 4.69) is 4.90 Å². The molecule has 5 nitrogen and oxygen atoms in total. The number of likely N-dealkylation sites (tertiary alicyclic amines) is 1. The molecule has 0 spiro atoms. The lowest BCUT2D eigenvalue weighted by atomic mass is 10.0. The quantitative estimate of drug-likeness (QED) is 0.756. The molecule has 0 saturated carbocycles. The lowest BCUT2D eigenvalue weighted by Crippen LogP contribution is -2.33. The smallest absolute Gasteiger partial charge is 0.177 e. The van der Waals surface area contributed by atoms with E-state index in [9.17, 15) is 9.59 Å². The summed E-state index contributed by atoms with van der Waals surface area (Å²) in [4.78, 5) is 26.3. The molecule has 0 atom stereocenters. The second kappa shape index (κ2) is 7.18. The molecule has 1 aliphatic heterocycles. The summed E-state index contributed by atoms with van der Waals surface area (Å²) in [6.07, 6.45) is 5.28. The van der Waals surface area contributed by atoms with Crippen molar-refractivity contribution < 1.29 is 18.7 Å². The van der Waals surface area contributed by atoms with Gasteiger partial charge < -0.3 is 9.15 Å². The van der Waals surface area contributed by atoms with Crippen LogP contribution < -0.4 is 4.74 Å². The molecule has 1 aromatic carbocycles. The molecule has 3 rings (SSSR count). The minimum absolute atomic E-state index is 0.0937. The number of ketones is 2. The van der Waals surface area contributed by atoms with Crippen LogP contribution in [0.25, 0.3) is 11.0 Å². The van der Waals surface area contributed by atoms with Crippen LogP contribution in [0.3, 0.4) is 0 Å². The van der Waals surface area contributed by atoms with Gasteiger partial charge in [-0.05, 0) is 51.9 Å². The number of ether oxygens (including phenoxy) is 1. The number of rotatable bonds is 6. The summed E-state index contributed by atoms with van der Waals surface area (Å²) in [5.41, 5.74) is 1.38. The molecular weight excluding hydrogens is 306 g/mol. The highest BCUT2D eigenvalue weighted by molar-refractivity contribution is 6.12. The number of carbonyl (C=O) groups is 2. The summed E-state index contributed by atoms with van der Waals surface area (Å²) in [6.45, 7) is 6.49. The van der Waals surface area contributed by atoms with Gasteiger partial charge in [0.2, 0.25) is 0 Å². The van der Waals surface area contributed by atoms with E-state index in [1.165, 1.54) is 39.4 Å². The van der Waals surface area contributed by atoms with E-state index in [-0.39, 0.29) is 11.6 Å². The number of piperidine rings is 1. The van der Waals surface area contributed by atoms with Gasteiger partial charge in [-0.15, -0.1) is 0 Å². The number of hydrogen-bond acceptors (Lipinski definition) is 5. The Hall–Kier alpha value is -2.14. The Morgan fingerprint density at radius 3 is 2.50 bits per heavy atom. The van der Waals surface area contributed by atoms with Crippen LogP contribution in [0.2, 0.25) is 0 Å². The van der Waals surface area contributed by atoms with Gasteiger partial charge in [-0.3, -0.25) is 14.5 Å². The molecule has 5 heteroatoms. The maximum atomic E-state index is 12.0. The van der Waals surface area contributed by atoms with E-state index >= 15 is 0 Å². The standard InChI is InChI=1S/C19H23NO4/c1-13(21)16-12-17(14(2)22)19(18-15(16)6-10-23-18)24-11-9-20-7-4-3-5-8-20/h6,10,12H,3-5,7-9,11H2,1-2H3. The third-order valence-corrected chi connectivity index (χ3v) is 4.56. The molecule has 1 aromatic heterocycles. The van der Waals surface area contributed by atoms with Gasteiger partial charge in [0, 0.05) is 17.5 Å². The first-order valence-electron chi connectivity index (χ1n) is 8.49. The van der Waals surface area contributed by atoms with Crippen LogP contribution in [0.15, 0.2) is 22.8 Å². The average molecular weight is 329 g/mol. The Morgan fingerprint density at radius 2 is 1.83 bits per heavy atom. The highest BCUT2D eigenvalue weighted by Gasteiger charge is 2.21.